The lowest BCUT2D eigenvalue weighted by Gasteiger charge is -2.18. The van der Waals surface area contributed by atoms with Crippen molar-refractivity contribution in [3.8, 4) is 0 Å². The summed E-state index contributed by atoms with van der Waals surface area (Å²) in [7, 11) is 5.57. The van der Waals surface area contributed by atoms with E-state index in [1.54, 1.807) is 13.1 Å². The molecule has 1 N–H and O–H groups in total. The van der Waals surface area contributed by atoms with Crippen LogP contribution in [0.25, 0.3) is 0 Å². The Balaban J connectivity index is 3.32. The third-order valence-corrected chi connectivity index (χ3v) is 3.04. The molecule has 0 saturated heterocycles. The maximum Gasteiger partial charge on any atom is 0.110 e. The molecule has 0 atom stereocenters. The molecule has 0 heterocycles. The van der Waals surface area contributed by atoms with Crippen LogP contribution in [0.15, 0.2) is 12.1 Å². The molecule has 0 radical (unpaired) electrons. The summed E-state index contributed by atoms with van der Waals surface area (Å²) < 4.78 is 0. The second kappa shape index (κ2) is 5.01. The van der Waals surface area contributed by atoms with Crippen molar-refractivity contribution < 1.29 is 0 Å². The summed E-state index contributed by atoms with van der Waals surface area (Å²) >= 11 is 17.3. The van der Waals surface area contributed by atoms with Crippen molar-refractivity contribution in [2.24, 2.45) is 0 Å². The van der Waals surface area contributed by atoms with Gasteiger partial charge in [-0.3, -0.25) is 0 Å². The lowest BCUT2D eigenvalue weighted by atomic mass is 10.1. The van der Waals surface area contributed by atoms with E-state index in [1.165, 1.54) is 0 Å². The minimum absolute atomic E-state index is 0.573. The Hall–Kier alpha value is -0.510. The molecule has 15 heavy (non-hydrogen) atoms. The fourth-order valence-electron chi connectivity index (χ4n) is 1.24. The smallest absolute Gasteiger partial charge is 0.110 e. The van der Waals surface area contributed by atoms with E-state index in [1.807, 2.05) is 25.1 Å². The fraction of sp³-hybridized carbons (Fsp3) is 0.300. The molecular weight excluding hydrogens is 251 g/mol. The third-order valence-electron chi connectivity index (χ3n) is 1.94. The first-order valence-corrected chi connectivity index (χ1v) is 5.52. The Kier molecular flexibility index (Phi) is 4.20. The maximum atomic E-state index is 6.06. The van der Waals surface area contributed by atoms with E-state index in [0.717, 1.165) is 11.3 Å². The van der Waals surface area contributed by atoms with E-state index in [9.17, 15) is 0 Å². The number of benzene rings is 1. The standard InChI is InChI=1S/C10H12Cl2N2S/c1-13-9-7(10(15)14(2)3)4-6(11)5-8(9)12/h4-5,13H,1-3H3. The van der Waals surface area contributed by atoms with Crippen molar-refractivity contribution in [2.45, 2.75) is 0 Å². The van der Waals surface area contributed by atoms with Crippen LogP contribution in [-0.4, -0.2) is 31.0 Å². The van der Waals surface area contributed by atoms with Gasteiger partial charge in [0.2, 0.25) is 0 Å². The predicted molar refractivity (Wildman–Crippen MR) is 71.4 cm³/mol. The highest BCUT2D eigenvalue weighted by molar-refractivity contribution is 7.80. The molecule has 0 aliphatic heterocycles. The van der Waals surface area contributed by atoms with Crippen LogP contribution in [0, 0.1) is 0 Å². The van der Waals surface area contributed by atoms with Gasteiger partial charge in [0, 0.05) is 31.7 Å². The average molecular weight is 263 g/mol. The molecule has 0 aliphatic carbocycles. The Morgan fingerprint density at radius 2 is 1.93 bits per heavy atom. The first-order valence-electron chi connectivity index (χ1n) is 4.35. The van der Waals surface area contributed by atoms with Crippen LogP contribution in [0.3, 0.4) is 0 Å². The van der Waals surface area contributed by atoms with Crippen LogP contribution < -0.4 is 5.32 Å². The van der Waals surface area contributed by atoms with Crippen molar-refractivity contribution in [3.63, 3.8) is 0 Å². The first kappa shape index (κ1) is 12.6. The van der Waals surface area contributed by atoms with Crippen molar-refractivity contribution >= 4 is 46.1 Å². The highest BCUT2D eigenvalue weighted by atomic mass is 35.5. The molecule has 0 bridgehead atoms. The van der Waals surface area contributed by atoms with Gasteiger partial charge in [-0.15, -0.1) is 0 Å². The summed E-state index contributed by atoms with van der Waals surface area (Å²) in [6.07, 6.45) is 0. The first-order chi connectivity index (χ1) is 6.97. The maximum absolute atomic E-state index is 6.06. The number of halogens is 2. The molecular formula is C10H12Cl2N2S. The number of anilines is 1. The largest absolute Gasteiger partial charge is 0.386 e. The number of thiocarbonyl (C=S) groups is 1. The van der Waals surface area contributed by atoms with Crippen molar-refractivity contribution in [1.29, 1.82) is 0 Å². The predicted octanol–water partition coefficient (Wildman–Crippen LogP) is 3.27. The number of nitrogens with zero attached hydrogens (tertiary/aromatic N) is 1. The second-order valence-electron chi connectivity index (χ2n) is 3.26. The summed E-state index contributed by atoms with van der Waals surface area (Å²) in [4.78, 5) is 2.54. The van der Waals surface area contributed by atoms with Gasteiger partial charge < -0.3 is 10.2 Å². The zero-order valence-corrected chi connectivity index (χ0v) is 11.1. The van der Waals surface area contributed by atoms with Crippen LogP contribution in [0.5, 0.6) is 0 Å². The molecule has 0 fully saturated rings. The van der Waals surface area contributed by atoms with E-state index < -0.39 is 0 Å². The quantitative estimate of drug-likeness (QED) is 0.824. The molecule has 2 nitrogen and oxygen atoms in total. The molecule has 1 aromatic carbocycles. The zero-order valence-electron chi connectivity index (χ0n) is 8.77. The minimum Gasteiger partial charge on any atom is -0.386 e. The number of hydrogen-bond donors (Lipinski definition) is 1. The molecule has 1 aromatic rings. The van der Waals surface area contributed by atoms with Crippen molar-refractivity contribution in [1.82, 2.24) is 4.90 Å². The summed E-state index contributed by atoms with van der Waals surface area (Å²) in [6, 6.07) is 3.50. The van der Waals surface area contributed by atoms with Gasteiger partial charge in [-0.05, 0) is 12.1 Å². The molecule has 1 rings (SSSR count). The van der Waals surface area contributed by atoms with E-state index >= 15 is 0 Å². The molecule has 0 aromatic heterocycles. The summed E-state index contributed by atoms with van der Waals surface area (Å²) in [5, 5.41) is 4.18. The number of hydrogen-bond acceptors (Lipinski definition) is 2. The van der Waals surface area contributed by atoms with Crippen molar-refractivity contribution in [2.75, 3.05) is 26.5 Å². The van der Waals surface area contributed by atoms with Gasteiger partial charge in [-0.1, -0.05) is 35.4 Å². The van der Waals surface area contributed by atoms with Crippen LogP contribution in [0.4, 0.5) is 5.69 Å². The second-order valence-corrected chi connectivity index (χ2v) is 4.49. The molecule has 0 amide bonds. The lowest BCUT2D eigenvalue weighted by molar-refractivity contribution is 0.637. The number of rotatable bonds is 2. The third kappa shape index (κ3) is 2.74. The van der Waals surface area contributed by atoms with Gasteiger partial charge in [0.1, 0.15) is 4.99 Å². The van der Waals surface area contributed by atoms with Crippen LogP contribution in [0.2, 0.25) is 10.0 Å². The Bertz CT molecular complexity index is 391. The van der Waals surface area contributed by atoms with Crippen LogP contribution in [0.1, 0.15) is 5.56 Å². The summed E-state index contributed by atoms with van der Waals surface area (Å²) in [5.41, 5.74) is 1.65. The fourth-order valence-corrected chi connectivity index (χ4v) is 1.99. The highest BCUT2D eigenvalue weighted by Crippen LogP contribution is 2.30. The highest BCUT2D eigenvalue weighted by Gasteiger charge is 2.13. The van der Waals surface area contributed by atoms with Gasteiger partial charge in [-0.25, -0.2) is 0 Å². The number of nitrogens with one attached hydrogen (secondary N) is 1. The van der Waals surface area contributed by atoms with Crippen LogP contribution >= 0.6 is 35.4 Å². The Morgan fingerprint density at radius 1 is 1.33 bits per heavy atom. The summed E-state index contributed by atoms with van der Waals surface area (Å²) in [6.45, 7) is 0. The topological polar surface area (TPSA) is 15.3 Å². The molecule has 0 spiro atoms. The zero-order chi connectivity index (χ0) is 11.6. The van der Waals surface area contributed by atoms with E-state index in [2.05, 4.69) is 5.32 Å². The normalized spacial score (nSPS) is 9.93. The van der Waals surface area contributed by atoms with E-state index in [-0.39, 0.29) is 0 Å². The van der Waals surface area contributed by atoms with Gasteiger partial charge >= 0.3 is 0 Å². The Labute approximate surface area is 105 Å². The summed E-state index contributed by atoms with van der Waals surface area (Å²) in [5.74, 6) is 0. The minimum atomic E-state index is 0.573. The van der Waals surface area contributed by atoms with E-state index in [4.69, 9.17) is 35.4 Å². The Morgan fingerprint density at radius 3 is 2.40 bits per heavy atom. The van der Waals surface area contributed by atoms with E-state index in [0.29, 0.717) is 15.0 Å². The molecule has 5 heteroatoms. The monoisotopic (exact) mass is 262 g/mol. The van der Waals surface area contributed by atoms with Crippen LogP contribution in [-0.2, 0) is 0 Å². The molecule has 0 saturated carbocycles. The molecule has 0 unspecified atom stereocenters. The van der Waals surface area contributed by atoms with Gasteiger partial charge in [0.25, 0.3) is 0 Å². The van der Waals surface area contributed by atoms with Gasteiger partial charge in [0.15, 0.2) is 0 Å². The van der Waals surface area contributed by atoms with Gasteiger partial charge in [0.05, 0.1) is 10.7 Å². The SMILES string of the molecule is CNc1c(Cl)cc(Cl)cc1C(=S)N(C)C. The molecule has 0 aliphatic rings. The lowest BCUT2D eigenvalue weighted by Crippen LogP contribution is -2.21. The van der Waals surface area contributed by atoms with Gasteiger partial charge in [-0.2, -0.15) is 0 Å². The average Bonchev–Trinajstić information content (AvgIpc) is 2.15. The van der Waals surface area contributed by atoms with Crippen molar-refractivity contribution in [3.05, 3.63) is 27.7 Å². The molecule has 82 valence electrons.